The maximum atomic E-state index is 13.7. The third-order valence-corrected chi connectivity index (χ3v) is 4.95. The zero-order valence-electron chi connectivity index (χ0n) is 17.2. The number of carbonyl (C=O) groups excluding carboxylic acids is 2. The highest BCUT2D eigenvalue weighted by Crippen LogP contribution is 2.40. The first-order valence-electron chi connectivity index (χ1n) is 10.2. The summed E-state index contributed by atoms with van der Waals surface area (Å²) in [6, 6.07) is 28.1. The van der Waals surface area contributed by atoms with Crippen LogP contribution in [0, 0.1) is 0 Å². The predicted octanol–water partition coefficient (Wildman–Crippen LogP) is 5.95. The van der Waals surface area contributed by atoms with E-state index < -0.39 is 5.97 Å². The number of ketones is 1. The van der Waals surface area contributed by atoms with Crippen molar-refractivity contribution in [2.24, 2.45) is 0 Å². The monoisotopic (exact) mass is 410 g/mol. The van der Waals surface area contributed by atoms with Gasteiger partial charge in [-0.05, 0) is 12.5 Å². The van der Waals surface area contributed by atoms with E-state index in [1.165, 1.54) is 0 Å². The number of benzene rings is 3. The fourth-order valence-corrected chi connectivity index (χ4v) is 3.60. The molecule has 4 nitrogen and oxygen atoms in total. The van der Waals surface area contributed by atoms with Gasteiger partial charge in [-0.3, -0.25) is 9.59 Å². The molecule has 0 aliphatic rings. The Balaban J connectivity index is 1.98. The number of esters is 1. The molecule has 3 aromatic carbocycles. The van der Waals surface area contributed by atoms with E-state index in [1.807, 2.05) is 78.9 Å². The van der Waals surface area contributed by atoms with Crippen LogP contribution in [-0.4, -0.2) is 18.4 Å². The maximum Gasteiger partial charge on any atom is 0.313 e. The Hall–Kier alpha value is -3.92. The van der Waals surface area contributed by atoms with E-state index in [0.29, 0.717) is 28.2 Å². The Morgan fingerprint density at radius 1 is 0.774 bits per heavy atom. The highest BCUT2D eigenvalue weighted by atomic mass is 16.5. The number of hydrogen-bond donors (Lipinski definition) is 0. The van der Waals surface area contributed by atoms with Gasteiger partial charge >= 0.3 is 5.97 Å². The van der Waals surface area contributed by atoms with Crippen LogP contribution in [0.5, 0.6) is 0 Å². The second-order valence-corrected chi connectivity index (χ2v) is 7.01. The second kappa shape index (κ2) is 9.26. The number of ether oxygens (including phenoxy) is 1. The van der Waals surface area contributed by atoms with Crippen LogP contribution >= 0.6 is 0 Å². The lowest BCUT2D eigenvalue weighted by Crippen LogP contribution is -2.08. The van der Waals surface area contributed by atoms with Gasteiger partial charge in [0.1, 0.15) is 17.9 Å². The van der Waals surface area contributed by atoms with Crippen molar-refractivity contribution >= 4 is 11.8 Å². The van der Waals surface area contributed by atoms with E-state index >= 15 is 0 Å². The average Bonchev–Trinajstić information content (AvgIpc) is 3.19. The van der Waals surface area contributed by atoms with Gasteiger partial charge in [0.2, 0.25) is 0 Å². The Labute approximate surface area is 181 Å². The van der Waals surface area contributed by atoms with Crippen molar-refractivity contribution in [3.8, 4) is 22.5 Å². The summed E-state index contributed by atoms with van der Waals surface area (Å²) in [5, 5.41) is 0. The van der Waals surface area contributed by atoms with Crippen molar-refractivity contribution in [2.75, 3.05) is 6.61 Å². The fraction of sp³-hybridized carbons (Fsp3) is 0.111. The summed E-state index contributed by atoms with van der Waals surface area (Å²) in [5.41, 5.74) is 3.21. The molecule has 4 aromatic rings. The lowest BCUT2D eigenvalue weighted by molar-refractivity contribution is -0.142. The Bertz CT molecular complexity index is 1180. The van der Waals surface area contributed by atoms with Crippen LogP contribution in [0.15, 0.2) is 95.4 Å². The molecule has 0 amide bonds. The molecule has 31 heavy (non-hydrogen) atoms. The fourth-order valence-electron chi connectivity index (χ4n) is 3.60. The summed E-state index contributed by atoms with van der Waals surface area (Å²) >= 11 is 0. The van der Waals surface area contributed by atoms with Gasteiger partial charge in [-0.2, -0.15) is 0 Å². The van der Waals surface area contributed by atoms with E-state index in [-0.39, 0.29) is 18.8 Å². The largest absolute Gasteiger partial charge is 0.466 e. The van der Waals surface area contributed by atoms with Gasteiger partial charge in [-0.15, -0.1) is 0 Å². The molecule has 4 heteroatoms. The predicted molar refractivity (Wildman–Crippen MR) is 120 cm³/mol. The lowest BCUT2D eigenvalue weighted by atomic mass is 9.92. The normalized spacial score (nSPS) is 10.6. The molecule has 0 saturated carbocycles. The minimum atomic E-state index is -0.397. The molecule has 0 aliphatic carbocycles. The van der Waals surface area contributed by atoms with E-state index in [0.717, 1.165) is 11.1 Å². The van der Waals surface area contributed by atoms with Crippen LogP contribution in [0.25, 0.3) is 22.5 Å². The molecule has 0 spiro atoms. The highest BCUT2D eigenvalue weighted by Gasteiger charge is 2.29. The Morgan fingerprint density at radius 2 is 1.32 bits per heavy atom. The van der Waals surface area contributed by atoms with Crippen LogP contribution in [0.1, 0.15) is 28.6 Å². The van der Waals surface area contributed by atoms with Crippen molar-refractivity contribution in [3.05, 3.63) is 108 Å². The summed E-state index contributed by atoms with van der Waals surface area (Å²) < 4.78 is 11.4. The van der Waals surface area contributed by atoms with Crippen LogP contribution in [-0.2, 0) is 16.0 Å². The smallest absolute Gasteiger partial charge is 0.313 e. The lowest BCUT2D eigenvalue weighted by Gasteiger charge is -2.07. The number of furan rings is 1. The zero-order chi connectivity index (χ0) is 21.6. The van der Waals surface area contributed by atoms with Crippen LogP contribution < -0.4 is 0 Å². The summed E-state index contributed by atoms with van der Waals surface area (Å²) in [6.07, 6.45) is -0.0556. The van der Waals surface area contributed by atoms with Gasteiger partial charge in [0.05, 0.1) is 12.2 Å². The average molecular weight is 410 g/mol. The SMILES string of the molecule is CCOC(=O)Cc1oc(-c2ccccc2)c(C(=O)c2ccccc2)c1-c1ccccc1. The van der Waals surface area contributed by atoms with Crippen molar-refractivity contribution < 1.29 is 18.7 Å². The zero-order valence-corrected chi connectivity index (χ0v) is 17.2. The summed E-state index contributed by atoms with van der Waals surface area (Å²) in [7, 11) is 0. The van der Waals surface area contributed by atoms with E-state index in [4.69, 9.17) is 9.15 Å². The molecule has 4 rings (SSSR count). The van der Waals surface area contributed by atoms with Crippen LogP contribution in [0.2, 0.25) is 0 Å². The van der Waals surface area contributed by atoms with Gasteiger partial charge in [-0.1, -0.05) is 91.0 Å². The number of hydrogen-bond acceptors (Lipinski definition) is 4. The van der Waals surface area contributed by atoms with Gasteiger partial charge in [0, 0.05) is 16.7 Å². The molecule has 0 atom stereocenters. The van der Waals surface area contributed by atoms with Gasteiger partial charge < -0.3 is 9.15 Å². The first-order valence-corrected chi connectivity index (χ1v) is 10.2. The molecule has 0 N–H and O–H groups in total. The first-order chi connectivity index (χ1) is 15.2. The molecule has 0 radical (unpaired) electrons. The quantitative estimate of drug-likeness (QED) is 0.279. The van der Waals surface area contributed by atoms with E-state index in [2.05, 4.69) is 0 Å². The van der Waals surface area contributed by atoms with Gasteiger partial charge in [0.15, 0.2) is 5.78 Å². The molecule has 0 unspecified atom stereocenters. The van der Waals surface area contributed by atoms with Crippen molar-refractivity contribution in [1.29, 1.82) is 0 Å². The molecular weight excluding hydrogens is 388 g/mol. The third kappa shape index (κ3) is 4.33. The molecule has 0 aliphatic heterocycles. The second-order valence-electron chi connectivity index (χ2n) is 7.01. The van der Waals surface area contributed by atoms with Gasteiger partial charge in [-0.25, -0.2) is 0 Å². The molecule has 0 fully saturated rings. The maximum absolute atomic E-state index is 13.7. The van der Waals surface area contributed by atoms with E-state index in [9.17, 15) is 9.59 Å². The van der Waals surface area contributed by atoms with Crippen molar-refractivity contribution in [1.82, 2.24) is 0 Å². The van der Waals surface area contributed by atoms with Gasteiger partial charge in [0.25, 0.3) is 0 Å². The minimum Gasteiger partial charge on any atom is -0.466 e. The Morgan fingerprint density at radius 3 is 1.90 bits per heavy atom. The third-order valence-electron chi connectivity index (χ3n) is 4.95. The highest BCUT2D eigenvalue weighted by molar-refractivity contribution is 6.16. The van der Waals surface area contributed by atoms with Crippen LogP contribution in [0.3, 0.4) is 0 Å². The molecule has 1 aromatic heterocycles. The van der Waals surface area contributed by atoms with Crippen molar-refractivity contribution in [2.45, 2.75) is 13.3 Å². The van der Waals surface area contributed by atoms with Crippen molar-refractivity contribution in [3.63, 3.8) is 0 Å². The van der Waals surface area contributed by atoms with E-state index in [1.54, 1.807) is 19.1 Å². The number of rotatable bonds is 7. The molecule has 1 heterocycles. The topological polar surface area (TPSA) is 56.5 Å². The minimum absolute atomic E-state index is 0.0556. The first kappa shape index (κ1) is 20.4. The number of carbonyl (C=O) groups is 2. The van der Waals surface area contributed by atoms with Crippen LogP contribution in [0.4, 0.5) is 0 Å². The molecule has 0 bridgehead atoms. The standard InChI is InChI=1S/C27H22O4/c1-2-30-23(28)18-22-24(19-12-6-3-7-13-19)25(26(29)20-14-8-4-9-15-20)27(31-22)21-16-10-5-11-17-21/h3-17H,2,18H2,1H3. The summed E-state index contributed by atoms with van der Waals surface area (Å²) in [6.45, 7) is 2.04. The summed E-state index contributed by atoms with van der Waals surface area (Å²) in [4.78, 5) is 26.0. The molecule has 154 valence electrons. The molecular formula is C27H22O4. The summed E-state index contributed by atoms with van der Waals surface area (Å²) in [5.74, 6) is 0.319. The molecule has 0 saturated heterocycles. The Kier molecular flexibility index (Phi) is 6.08.